The lowest BCUT2D eigenvalue weighted by Crippen LogP contribution is -2.41. The number of ether oxygens (including phenoxy) is 2. The number of anilines is 1. The zero-order valence-corrected chi connectivity index (χ0v) is 17.7. The number of hydrogen-bond acceptors (Lipinski definition) is 6. The van der Waals surface area contributed by atoms with E-state index in [2.05, 4.69) is 10.1 Å². The van der Waals surface area contributed by atoms with Crippen LogP contribution in [0.1, 0.15) is 12.8 Å². The first-order valence-corrected chi connectivity index (χ1v) is 11.1. The van der Waals surface area contributed by atoms with Gasteiger partial charge in [0, 0.05) is 24.7 Å². The standard InChI is InChI=1S/C21H23FN2O6S/c1-29-20(25)14-30-18-6-8-19(9-7-18)31(27,28)24-12-10-15(11-13-24)21(26)23-17-4-2-16(22)3-5-17/h2-9,15H,10-14H2,1H3,(H,23,26). The van der Waals surface area contributed by atoms with Crippen molar-refractivity contribution in [1.82, 2.24) is 4.31 Å². The van der Waals surface area contributed by atoms with Crippen LogP contribution in [0.5, 0.6) is 5.75 Å². The predicted molar refractivity (Wildman–Crippen MR) is 110 cm³/mol. The smallest absolute Gasteiger partial charge is 0.343 e. The molecule has 31 heavy (non-hydrogen) atoms. The quantitative estimate of drug-likeness (QED) is 0.650. The van der Waals surface area contributed by atoms with Crippen molar-refractivity contribution in [3.8, 4) is 5.75 Å². The SMILES string of the molecule is COC(=O)COc1ccc(S(=O)(=O)N2CCC(C(=O)Nc3ccc(F)cc3)CC2)cc1. The van der Waals surface area contributed by atoms with E-state index in [0.29, 0.717) is 24.3 Å². The number of carbonyl (C=O) groups is 2. The van der Waals surface area contributed by atoms with Gasteiger partial charge in [0.2, 0.25) is 15.9 Å². The fraction of sp³-hybridized carbons (Fsp3) is 0.333. The maximum Gasteiger partial charge on any atom is 0.343 e. The molecule has 0 spiro atoms. The lowest BCUT2D eigenvalue weighted by atomic mass is 9.97. The number of nitrogens with one attached hydrogen (secondary N) is 1. The van der Waals surface area contributed by atoms with Crippen molar-refractivity contribution in [3.05, 3.63) is 54.3 Å². The molecule has 2 aromatic rings. The minimum absolute atomic E-state index is 0.104. The molecule has 1 N–H and O–H groups in total. The van der Waals surface area contributed by atoms with Crippen LogP contribution in [-0.2, 0) is 24.3 Å². The molecule has 0 aromatic heterocycles. The number of nitrogens with zero attached hydrogens (tertiary/aromatic N) is 1. The van der Waals surface area contributed by atoms with E-state index in [1.807, 2.05) is 0 Å². The molecule has 1 fully saturated rings. The maximum absolute atomic E-state index is 13.0. The van der Waals surface area contributed by atoms with Crippen molar-refractivity contribution >= 4 is 27.6 Å². The van der Waals surface area contributed by atoms with E-state index in [1.54, 1.807) is 0 Å². The lowest BCUT2D eigenvalue weighted by molar-refractivity contribution is -0.142. The van der Waals surface area contributed by atoms with Gasteiger partial charge in [-0.05, 0) is 61.4 Å². The van der Waals surface area contributed by atoms with Crippen molar-refractivity contribution in [2.24, 2.45) is 5.92 Å². The van der Waals surface area contributed by atoms with Crippen LogP contribution < -0.4 is 10.1 Å². The Balaban J connectivity index is 1.56. The molecule has 0 bridgehead atoms. The zero-order chi connectivity index (χ0) is 22.4. The third-order valence-corrected chi connectivity index (χ3v) is 6.90. The molecule has 3 rings (SSSR count). The normalized spacial score (nSPS) is 15.3. The molecule has 0 aliphatic carbocycles. The summed E-state index contributed by atoms with van der Waals surface area (Å²) in [4.78, 5) is 23.6. The van der Waals surface area contributed by atoms with Gasteiger partial charge in [-0.25, -0.2) is 17.6 Å². The molecule has 8 nitrogen and oxygen atoms in total. The summed E-state index contributed by atoms with van der Waals surface area (Å²) < 4.78 is 49.8. The van der Waals surface area contributed by atoms with Crippen molar-refractivity contribution in [1.29, 1.82) is 0 Å². The average Bonchev–Trinajstić information content (AvgIpc) is 2.79. The Hall–Kier alpha value is -2.98. The van der Waals surface area contributed by atoms with Crippen LogP contribution in [0.4, 0.5) is 10.1 Å². The molecule has 1 heterocycles. The number of benzene rings is 2. The molecule has 2 aromatic carbocycles. The van der Waals surface area contributed by atoms with Gasteiger partial charge in [-0.1, -0.05) is 0 Å². The second-order valence-corrected chi connectivity index (χ2v) is 8.95. The molecule has 0 unspecified atom stereocenters. The number of methoxy groups -OCH3 is 1. The number of esters is 1. The first-order valence-electron chi connectivity index (χ1n) is 9.66. The van der Waals surface area contributed by atoms with E-state index < -0.39 is 16.0 Å². The van der Waals surface area contributed by atoms with Crippen LogP contribution in [0.2, 0.25) is 0 Å². The highest BCUT2D eigenvalue weighted by molar-refractivity contribution is 7.89. The molecular weight excluding hydrogens is 427 g/mol. The van der Waals surface area contributed by atoms with Crippen LogP contribution >= 0.6 is 0 Å². The Kier molecular flexibility index (Phi) is 7.24. The van der Waals surface area contributed by atoms with Gasteiger partial charge in [-0.3, -0.25) is 4.79 Å². The first kappa shape index (κ1) is 22.7. The van der Waals surface area contributed by atoms with Gasteiger partial charge in [0.05, 0.1) is 12.0 Å². The molecular formula is C21H23FN2O6S. The summed E-state index contributed by atoms with van der Waals surface area (Å²) >= 11 is 0. The van der Waals surface area contributed by atoms with Gasteiger partial charge in [0.1, 0.15) is 11.6 Å². The van der Waals surface area contributed by atoms with Crippen LogP contribution in [0.3, 0.4) is 0 Å². The van der Waals surface area contributed by atoms with Gasteiger partial charge in [-0.15, -0.1) is 0 Å². The number of hydrogen-bond donors (Lipinski definition) is 1. The van der Waals surface area contributed by atoms with E-state index in [0.717, 1.165) is 0 Å². The summed E-state index contributed by atoms with van der Waals surface area (Å²) in [5.74, 6) is -1.12. The number of sulfonamides is 1. The predicted octanol–water partition coefficient (Wildman–Crippen LogP) is 2.42. The second kappa shape index (κ2) is 9.88. The van der Waals surface area contributed by atoms with Crippen molar-refractivity contribution < 1.29 is 31.9 Å². The maximum atomic E-state index is 13.0. The molecule has 0 saturated carbocycles. The van der Waals surface area contributed by atoms with E-state index in [-0.39, 0.29) is 42.2 Å². The molecule has 1 saturated heterocycles. The molecule has 166 valence electrons. The topological polar surface area (TPSA) is 102 Å². The van der Waals surface area contributed by atoms with Gasteiger partial charge in [0.25, 0.3) is 0 Å². The first-order chi connectivity index (χ1) is 14.8. The third kappa shape index (κ3) is 5.80. The largest absolute Gasteiger partial charge is 0.482 e. The van der Waals surface area contributed by atoms with E-state index in [1.165, 1.54) is 59.9 Å². The van der Waals surface area contributed by atoms with Crippen LogP contribution in [0.15, 0.2) is 53.4 Å². The van der Waals surface area contributed by atoms with E-state index in [4.69, 9.17) is 4.74 Å². The Labute approximate surface area is 180 Å². The molecule has 1 amide bonds. The van der Waals surface area contributed by atoms with Crippen molar-refractivity contribution in [2.45, 2.75) is 17.7 Å². The molecule has 1 aliphatic heterocycles. The Morgan fingerprint density at radius 3 is 2.26 bits per heavy atom. The zero-order valence-electron chi connectivity index (χ0n) is 16.9. The Morgan fingerprint density at radius 1 is 1.06 bits per heavy atom. The second-order valence-electron chi connectivity index (χ2n) is 7.01. The molecule has 10 heteroatoms. The summed E-state index contributed by atoms with van der Waals surface area (Å²) in [6.45, 7) is 0.158. The Bertz CT molecular complexity index is 1020. The minimum Gasteiger partial charge on any atom is -0.482 e. The average molecular weight is 450 g/mol. The highest BCUT2D eigenvalue weighted by Gasteiger charge is 2.32. The number of halogens is 1. The van der Waals surface area contributed by atoms with Gasteiger partial charge < -0.3 is 14.8 Å². The fourth-order valence-corrected chi connectivity index (χ4v) is 4.66. The number of carbonyl (C=O) groups excluding carboxylic acids is 2. The van der Waals surface area contributed by atoms with Crippen LogP contribution in [-0.4, -0.2) is 51.4 Å². The summed E-state index contributed by atoms with van der Waals surface area (Å²) in [5.41, 5.74) is 0.496. The van der Waals surface area contributed by atoms with Gasteiger partial charge >= 0.3 is 5.97 Å². The summed E-state index contributed by atoms with van der Waals surface area (Å²) in [7, 11) is -2.47. The van der Waals surface area contributed by atoms with Crippen LogP contribution in [0, 0.1) is 11.7 Å². The highest BCUT2D eigenvalue weighted by Crippen LogP contribution is 2.26. The van der Waals surface area contributed by atoms with E-state index >= 15 is 0 Å². The molecule has 1 aliphatic rings. The van der Waals surface area contributed by atoms with Crippen molar-refractivity contribution in [2.75, 3.05) is 32.1 Å². The number of piperidine rings is 1. The third-order valence-electron chi connectivity index (χ3n) is 4.98. The number of rotatable bonds is 7. The Morgan fingerprint density at radius 2 is 1.68 bits per heavy atom. The van der Waals surface area contributed by atoms with Crippen LogP contribution in [0.25, 0.3) is 0 Å². The highest BCUT2D eigenvalue weighted by atomic mass is 32.2. The molecule has 0 radical (unpaired) electrons. The fourth-order valence-electron chi connectivity index (χ4n) is 3.19. The number of amides is 1. The molecule has 0 atom stereocenters. The van der Waals surface area contributed by atoms with Crippen molar-refractivity contribution in [3.63, 3.8) is 0 Å². The summed E-state index contributed by atoms with van der Waals surface area (Å²) in [5, 5.41) is 2.73. The monoisotopic (exact) mass is 450 g/mol. The van der Waals surface area contributed by atoms with Gasteiger partial charge in [0.15, 0.2) is 6.61 Å². The minimum atomic E-state index is -3.71. The van der Waals surface area contributed by atoms with E-state index in [9.17, 15) is 22.4 Å². The van der Waals surface area contributed by atoms with Gasteiger partial charge in [-0.2, -0.15) is 4.31 Å². The summed E-state index contributed by atoms with van der Waals surface area (Å²) in [6, 6.07) is 11.2. The lowest BCUT2D eigenvalue weighted by Gasteiger charge is -2.30. The summed E-state index contributed by atoms with van der Waals surface area (Å²) in [6.07, 6.45) is 0.763.